The summed E-state index contributed by atoms with van der Waals surface area (Å²) in [5, 5.41) is 9.68. The number of nitrogens with zero attached hydrogens (tertiary/aromatic N) is 1. The molecule has 0 aliphatic rings. The highest BCUT2D eigenvalue weighted by Gasteiger charge is 2.30. The molecule has 0 unspecified atom stereocenters. The molecule has 0 atom stereocenters. The Morgan fingerprint density at radius 2 is 1.89 bits per heavy atom. The number of H-pyrrole nitrogens is 1. The van der Waals surface area contributed by atoms with E-state index in [4.69, 9.17) is 4.74 Å². The Morgan fingerprint density at radius 3 is 2.54 bits per heavy atom. The molecule has 1 heterocycles. The van der Waals surface area contributed by atoms with Crippen molar-refractivity contribution in [1.29, 1.82) is 0 Å². The Labute approximate surface area is 159 Å². The molecular formula is C20H18F3N3O2. The van der Waals surface area contributed by atoms with Crippen LogP contribution in [0.4, 0.5) is 18.9 Å². The summed E-state index contributed by atoms with van der Waals surface area (Å²) in [4.78, 5) is 12.5. The molecule has 2 aromatic carbocycles. The minimum absolute atomic E-state index is 0.119. The number of amides is 1. The number of halogens is 3. The third-order valence-electron chi connectivity index (χ3n) is 4.20. The number of alkyl halides is 3. The topological polar surface area (TPSA) is 67.0 Å². The molecule has 0 fully saturated rings. The van der Waals surface area contributed by atoms with Gasteiger partial charge in [0.05, 0.1) is 30.5 Å². The summed E-state index contributed by atoms with van der Waals surface area (Å²) in [6.45, 7) is 1.72. The lowest BCUT2D eigenvalue weighted by Crippen LogP contribution is -2.15. The van der Waals surface area contributed by atoms with Crippen molar-refractivity contribution in [2.75, 3.05) is 12.4 Å². The number of hydrogen-bond donors (Lipinski definition) is 2. The van der Waals surface area contributed by atoms with E-state index in [9.17, 15) is 18.0 Å². The predicted octanol–water partition coefficient (Wildman–Crippen LogP) is 4.59. The van der Waals surface area contributed by atoms with Gasteiger partial charge in [-0.05, 0) is 36.8 Å². The Balaban J connectivity index is 1.80. The molecule has 0 saturated heterocycles. The molecule has 8 heteroatoms. The van der Waals surface area contributed by atoms with Gasteiger partial charge >= 0.3 is 6.18 Å². The van der Waals surface area contributed by atoms with E-state index in [1.807, 2.05) is 0 Å². The minimum atomic E-state index is -4.41. The van der Waals surface area contributed by atoms with Crippen LogP contribution < -0.4 is 10.1 Å². The number of benzene rings is 2. The summed E-state index contributed by atoms with van der Waals surface area (Å²) in [7, 11) is 1.55. The standard InChI is InChI=1S/C20H18F3N3O2/c1-12-18(24-17(27)11-13-4-3-5-16(10-13)28-2)19(26-25-12)14-6-8-15(9-7-14)20(21,22)23/h3-10H,11H2,1-2H3,(H,24,27)(H,25,26). The number of anilines is 1. The highest BCUT2D eigenvalue weighted by Crippen LogP contribution is 2.33. The second-order valence-corrected chi connectivity index (χ2v) is 6.22. The van der Waals surface area contributed by atoms with Crippen LogP contribution in [0.2, 0.25) is 0 Å². The number of carbonyl (C=O) groups excluding carboxylic acids is 1. The van der Waals surface area contributed by atoms with Crippen LogP contribution in [0, 0.1) is 6.92 Å². The highest BCUT2D eigenvalue weighted by atomic mass is 19.4. The lowest BCUT2D eigenvalue weighted by Gasteiger charge is -2.09. The fourth-order valence-electron chi connectivity index (χ4n) is 2.76. The van der Waals surface area contributed by atoms with Crippen LogP contribution in [0.1, 0.15) is 16.8 Å². The Bertz CT molecular complexity index is 979. The first kappa shape index (κ1) is 19.5. The maximum atomic E-state index is 12.8. The zero-order valence-electron chi connectivity index (χ0n) is 15.2. The lowest BCUT2D eigenvalue weighted by molar-refractivity contribution is -0.137. The van der Waals surface area contributed by atoms with Crippen molar-refractivity contribution in [3.8, 4) is 17.0 Å². The molecule has 0 spiro atoms. The molecule has 0 radical (unpaired) electrons. The van der Waals surface area contributed by atoms with Crippen LogP contribution in [-0.2, 0) is 17.4 Å². The molecule has 146 valence electrons. The van der Waals surface area contributed by atoms with Gasteiger partial charge in [0.1, 0.15) is 11.4 Å². The maximum absolute atomic E-state index is 12.8. The number of ether oxygens (including phenoxy) is 1. The lowest BCUT2D eigenvalue weighted by atomic mass is 10.1. The number of methoxy groups -OCH3 is 1. The van der Waals surface area contributed by atoms with Gasteiger partial charge in [0.2, 0.25) is 5.91 Å². The van der Waals surface area contributed by atoms with Crippen LogP contribution in [0.5, 0.6) is 5.75 Å². The fraction of sp³-hybridized carbons (Fsp3) is 0.200. The van der Waals surface area contributed by atoms with E-state index in [1.165, 1.54) is 12.1 Å². The Hall–Kier alpha value is -3.29. The number of aryl methyl sites for hydroxylation is 1. The van der Waals surface area contributed by atoms with Crippen LogP contribution in [0.3, 0.4) is 0 Å². The number of aromatic nitrogens is 2. The summed E-state index contributed by atoms with van der Waals surface area (Å²) < 4.78 is 43.4. The molecule has 3 aromatic rings. The van der Waals surface area contributed by atoms with Crippen LogP contribution >= 0.6 is 0 Å². The zero-order valence-corrected chi connectivity index (χ0v) is 15.2. The van der Waals surface area contributed by atoms with E-state index in [0.717, 1.165) is 17.7 Å². The van der Waals surface area contributed by atoms with E-state index in [2.05, 4.69) is 15.5 Å². The Morgan fingerprint density at radius 1 is 1.18 bits per heavy atom. The van der Waals surface area contributed by atoms with Gasteiger partial charge in [-0.1, -0.05) is 24.3 Å². The molecule has 1 amide bonds. The predicted molar refractivity (Wildman–Crippen MR) is 99.1 cm³/mol. The number of nitrogens with one attached hydrogen (secondary N) is 2. The van der Waals surface area contributed by atoms with Gasteiger partial charge in [-0.25, -0.2) is 0 Å². The molecule has 1 aromatic heterocycles. The maximum Gasteiger partial charge on any atom is 0.416 e. The Kier molecular flexibility index (Phi) is 5.39. The largest absolute Gasteiger partial charge is 0.497 e. The third kappa shape index (κ3) is 4.33. The number of hydrogen-bond acceptors (Lipinski definition) is 3. The molecule has 0 bridgehead atoms. The van der Waals surface area contributed by atoms with Crippen molar-refractivity contribution in [2.24, 2.45) is 0 Å². The molecule has 0 saturated carbocycles. The van der Waals surface area contributed by atoms with Crippen LogP contribution in [0.25, 0.3) is 11.3 Å². The molecule has 28 heavy (non-hydrogen) atoms. The van der Waals surface area contributed by atoms with Gasteiger partial charge in [0.15, 0.2) is 0 Å². The first-order valence-electron chi connectivity index (χ1n) is 8.43. The minimum Gasteiger partial charge on any atom is -0.497 e. The summed E-state index contributed by atoms with van der Waals surface area (Å²) in [6.07, 6.45) is -4.29. The van der Waals surface area contributed by atoms with Gasteiger partial charge in [-0.2, -0.15) is 18.3 Å². The normalized spacial score (nSPS) is 11.3. The van der Waals surface area contributed by atoms with Crippen molar-refractivity contribution in [3.63, 3.8) is 0 Å². The summed E-state index contributed by atoms with van der Waals surface area (Å²) in [5.41, 5.74) is 1.92. The third-order valence-corrected chi connectivity index (χ3v) is 4.20. The SMILES string of the molecule is COc1cccc(CC(=O)Nc2c(-c3ccc(C(F)(F)F)cc3)n[nH]c2C)c1. The van der Waals surface area contributed by atoms with Gasteiger partial charge < -0.3 is 10.1 Å². The summed E-state index contributed by atoms with van der Waals surface area (Å²) in [5.74, 6) is 0.376. The first-order chi connectivity index (χ1) is 13.3. The van der Waals surface area contributed by atoms with E-state index in [1.54, 1.807) is 38.3 Å². The number of aromatic amines is 1. The van der Waals surface area contributed by atoms with Gasteiger partial charge in [-0.3, -0.25) is 9.89 Å². The van der Waals surface area contributed by atoms with Crippen LogP contribution in [-0.4, -0.2) is 23.2 Å². The molecule has 0 aliphatic heterocycles. The number of rotatable bonds is 5. The molecular weight excluding hydrogens is 371 g/mol. The van der Waals surface area contributed by atoms with Crippen molar-refractivity contribution in [3.05, 3.63) is 65.4 Å². The van der Waals surface area contributed by atoms with Crippen LogP contribution in [0.15, 0.2) is 48.5 Å². The monoisotopic (exact) mass is 389 g/mol. The van der Waals surface area contributed by atoms with Gasteiger partial charge in [0, 0.05) is 5.56 Å². The van der Waals surface area contributed by atoms with Gasteiger partial charge in [-0.15, -0.1) is 0 Å². The summed E-state index contributed by atoms with van der Waals surface area (Å²) >= 11 is 0. The second kappa shape index (κ2) is 7.75. The van der Waals surface area contributed by atoms with Crippen molar-refractivity contribution < 1.29 is 22.7 Å². The molecule has 2 N–H and O–H groups in total. The quantitative estimate of drug-likeness (QED) is 0.671. The second-order valence-electron chi connectivity index (χ2n) is 6.22. The fourth-order valence-corrected chi connectivity index (χ4v) is 2.76. The molecule has 5 nitrogen and oxygen atoms in total. The van der Waals surface area contributed by atoms with E-state index < -0.39 is 11.7 Å². The smallest absolute Gasteiger partial charge is 0.416 e. The molecule has 3 rings (SSSR count). The van der Waals surface area contributed by atoms with Crippen molar-refractivity contribution in [1.82, 2.24) is 10.2 Å². The highest BCUT2D eigenvalue weighted by molar-refractivity contribution is 5.96. The zero-order chi connectivity index (χ0) is 20.3. The average molecular weight is 389 g/mol. The van der Waals surface area contributed by atoms with E-state index in [0.29, 0.717) is 28.4 Å². The first-order valence-corrected chi connectivity index (χ1v) is 8.43. The van der Waals surface area contributed by atoms with E-state index >= 15 is 0 Å². The van der Waals surface area contributed by atoms with Gasteiger partial charge in [0.25, 0.3) is 0 Å². The van der Waals surface area contributed by atoms with Crippen molar-refractivity contribution >= 4 is 11.6 Å². The number of carbonyl (C=O) groups is 1. The average Bonchev–Trinajstić information content (AvgIpc) is 3.01. The van der Waals surface area contributed by atoms with E-state index in [-0.39, 0.29) is 12.3 Å². The summed E-state index contributed by atoms with van der Waals surface area (Å²) in [6, 6.07) is 11.8. The van der Waals surface area contributed by atoms with Crippen molar-refractivity contribution in [2.45, 2.75) is 19.5 Å². The molecule has 0 aliphatic carbocycles.